The zero-order valence-electron chi connectivity index (χ0n) is 15.5. The highest BCUT2D eigenvalue weighted by Crippen LogP contribution is 2.35. The summed E-state index contributed by atoms with van der Waals surface area (Å²) in [4.78, 5) is 39.1. The molecular weight excluding hydrogens is 342 g/mol. The second kappa shape index (κ2) is 7.20. The van der Waals surface area contributed by atoms with Gasteiger partial charge >= 0.3 is 0 Å². The number of aliphatic imine (C=N–C) groups is 1. The van der Waals surface area contributed by atoms with Crippen molar-refractivity contribution >= 4 is 17.9 Å². The second-order valence-corrected chi connectivity index (χ2v) is 6.44. The molecule has 0 saturated carbocycles. The lowest BCUT2D eigenvalue weighted by molar-refractivity contribution is -0.132. The highest BCUT2D eigenvalue weighted by molar-refractivity contribution is 6.30. The fraction of sp³-hybridized carbons (Fsp3) is 0.250. The second-order valence-electron chi connectivity index (χ2n) is 6.44. The van der Waals surface area contributed by atoms with E-state index in [1.165, 1.54) is 18.0 Å². The molecule has 2 N–H and O–H groups in total. The fourth-order valence-corrected chi connectivity index (χ4v) is 3.08. The largest absolute Gasteiger partial charge is 0.298 e. The molecule has 1 unspecified atom stereocenters. The van der Waals surface area contributed by atoms with Gasteiger partial charge in [0.1, 0.15) is 5.82 Å². The minimum Gasteiger partial charge on any atom is -0.298 e. The molecule has 3 heterocycles. The Morgan fingerprint density at radius 2 is 1.67 bits per heavy atom. The Bertz CT molecular complexity index is 882. The molecular formula is C20H21N5O2. The first-order valence-corrected chi connectivity index (χ1v) is 8.58. The number of nitrogens with zero attached hydrogens (tertiary/aromatic N) is 4. The van der Waals surface area contributed by atoms with Gasteiger partial charge in [-0.2, -0.15) is 0 Å². The van der Waals surface area contributed by atoms with Crippen molar-refractivity contribution in [3.63, 3.8) is 0 Å². The van der Waals surface area contributed by atoms with E-state index in [1.807, 2.05) is 0 Å². The van der Waals surface area contributed by atoms with Crippen molar-refractivity contribution in [2.45, 2.75) is 26.4 Å². The SMILES string of the molecule is CC(=O)N(C1=C(C)C(C)C(=O)C=N1)C(N)(c1ccccn1)c1ccccn1. The number of Topliss-reactive ketones (excluding diaryl/α,β-unsaturated/α-hetero) is 1. The summed E-state index contributed by atoms with van der Waals surface area (Å²) in [6.07, 6.45) is 4.45. The fourth-order valence-electron chi connectivity index (χ4n) is 3.08. The molecule has 0 bridgehead atoms. The van der Waals surface area contributed by atoms with Crippen LogP contribution in [0, 0.1) is 5.92 Å². The zero-order chi connectivity index (χ0) is 19.6. The highest BCUT2D eigenvalue weighted by atomic mass is 16.2. The van der Waals surface area contributed by atoms with Gasteiger partial charge < -0.3 is 0 Å². The lowest BCUT2D eigenvalue weighted by atomic mass is 9.93. The van der Waals surface area contributed by atoms with Gasteiger partial charge in [0, 0.05) is 25.2 Å². The summed E-state index contributed by atoms with van der Waals surface area (Å²) in [5.74, 6) is -0.496. The number of rotatable bonds is 4. The van der Waals surface area contributed by atoms with Crippen molar-refractivity contribution < 1.29 is 9.59 Å². The van der Waals surface area contributed by atoms with Gasteiger partial charge in [0.2, 0.25) is 5.91 Å². The lowest BCUT2D eigenvalue weighted by Crippen LogP contribution is -2.56. The maximum atomic E-state index is 12.8. The average Bonchev–Trinajstić information content (AvgIpc) is 2.69. The number of carbonyl (C=O) groups is 2. The normalized spacial score (nSPS) is 17.2. The third-order valence-corrected chi connectivity index (χ3v) is 4.73. The summed E-state index contributed by atoms with van der Waals surface area (Å²) in [5.41, 5.74) is 6.92. The third kappa shape index (κ3) is 3.17. The van der Waals surface area contributed by atoms with E-state index in [2.05, 4.69) is 15.0 Å². The predicted molar refractivity (Wildman–Crippen MR) is 101 cm³/mol. The molecule has 27 heavy (non-hydrogen) atoms. The number of nitrogens with two attached hydrogens (primary N) is 1. The first kappa shape index (κ1) is 18.6. The van der Waals surface area contributed by atoms with E-state index in [-0.39, 0.29) is 11.7 Å². The van der Waals surface area contributed by atoms with Crippen molar-refractivity contribution in [1.29, 1.82) is 0 Å². The molecule has 1 amide bonds. The summed E-state index contributed by atoms with van der Waals surface area (Å²) in [7, 11) is 0. The number of hydrogen-bond acceptors (Lipinski definition) is 6. The highest BCUT2D eigenvalue weighted by Gasteiger charge is 2.44. The van der Waals surface area contributed by atoms with Crippen LogP contribution in [0.2, 0.25) is 0 Å². The topological polar surface area (TPSA) is 102 Å². The lowest BCUT2D eigenvalue weighted by Gasteiger charge is -2.40. The molecule has 0 spiro atoms. The number of aromatic nitrogens is 2. The van der Waals surface area contributed by atoms with Gasteiger partial charge in [-0.25, -0.2) is 4.99 Å². The van der Waals surface area contributed by atoms with E-state index in [0.717, 1.165) is 0 Å². The summed E-state index contributed by atoms with van der Waals surface area (Å²) in [6.45, 7) is 4.97. The number of ketones is 1. The van der Waals surface area contributed by atoms with E-state index in [9.17, 15) is 9.59 Å². The summed E-state index contributed by atoms with van der Waals surface area (Å²) < 4.78 is 0. The van der Waals surface area contributed by atoms with Gasteiger partial charge in [-0.1, -0.05) is 19.1 Å². The number of amides is 1. The minimum atomic E-state index is -1.48. The Morgan fingerprint density at radius 3 is 2.11 bits per heavy atom. The van der Waals surface area contributed by atoms with Crippen LogP contribution in [0.3, 0.4) is 0 Å². The average molecular weight is 363 g/mol. The van der Waals surface area contributed by atoms with Crippen LogP contribution < -0.4 is 5.73 Å². The molecule has 7 heteroatoms. The first-order chi connectivity index (χ1) is 12.9. The van der Waals surface area contributed by atoms with Gasteiger partial charge in [-0.3, -0.25) is 30.2 Å². The Hall–Kier alpha value is -3.19. The smallest absolute Gasteiger partial charge is 0.227 e. The van der Waals surface area contributed by atoms with Crippen LogP contribution in [-0.4, -0.2) is 32.8 Å². The summed E-state index contributed by atoms with van der Waals surface area (Å²) >= 11 is 0. The Kier molecular flexibility index (Phi) is 4.96. The first-order valence-electron chi connectivity index (χ1n) is 8.58. The number of allylic oxidation sites excluding steroid dienone is 1. The number of carbonyl (C=O) groups excluding carboxylic acids is 2. The van der Waals surface area contributed by atoms with Crippen molar-refractivity contribution in [2.75, 3.05) is 0 Å². The van der Waals surface area contributed by atoms with Crippen LogP contribution in [0.25, 0.3) is 0 Å². The Balaban J connectivity index is 2.28. The van der Waals surface area contributed by atoms with Crippen LogP contribution >= 0.6 is 0 Å². The molecule has 1 aliphatic rings. The van der Waals surface area contributed by atoms with E-state index in [0.29, 0.717) is 22.8 Å². The molecule has 1 atom stereocenters. The zero-order valence-corrected chi connectivity index (χ0v) is 15.5. The van der Waals surface area contributed by atoms with E-state index < -0.39 is 11.6 Å². The molecule has 1 aliphatic heterocycles. The third-order valence-electron chi connectivity index (χ3n) is 4.73. The van der Waals surface area contributed by atoms with Crippen molar-refractivity contribution in [1.82, 2.24) is 14.9 Å². The maximum Gasteiger partial charge on any atom is 0.227 e. The molecule has 0 radical (unpaired) electrons. The quantitative estimate of drug-likeness (QED) is 0.837. The van der Waals surface area contributed by atoms with E-state index >= 15 is 0 Å². The summed E-state index contributed by atoms with van der Waals surface area (Å²) in [5, 5.41) is 0. The van der Waals surface area contributed by atoms with Crippen LogP contribution in [0.15, 0.2) is 65.2 Å². The van der Waals surface area contributed by atoms with Crippen molar-refractivity contribution in [2.24, 2.45) is 16.6 Å². The van der Waals surface area contributed by atoms with Gasteiger partial charge in [0.25, 0.3) is 0 Å². The molecule has 7 nitrogen and oxygen atoms in total. The monoisotopic (exact) mass is 363 g/mol. The molecule has 2 aromatic rings. The van der Waals surface area contributed by atoms with E-state index in [1.54, 1.807) is 62.6 Å². The molecule has 0 aliphatic carbocycles. The van der Waals surface area contributed by atoms with Crippen LogP contribution in [-0.2, 0) is 15.3 Å². The van der Waals surface area contributed by atoms with Crippen molar-refractivity contribution in [3.05, 3.63) is 71.6 Å². The van der Waals surface area contributed by atoms with Crippen molar-refractivity contribution in [3.8, 4) is 0 Å². The van der Waals surface area contributed by atoms with Gasteiger partial charge in [-0.15, -0.1) is 0 Å². The van der Waals surface area contributed by atoms with Crippen LogP contribution in [0.4, 0.5) is 0 Å². The number of pyridine rings is 2. The number of hydrogen-bond donors (Lipinski definition) is 1. The van der Waals surface area contributed by atoms with Gasteiger partial charge in [-0.05, 0) is 36.8 Å². The maximum absolute atomic E-state index is 12.8. The molecule has 0 saturated heterocycles. The minimum absolute atomic E-state index is 0.113. The predicted octanol–water partition coefficient (Wildman–Crippen LogP) is 2.01. The Labute approximate surface area is 157 Å². The van der Waals surface area contributed by atoms with Gasteiger partial charge in [0.15, 0.2) is 11.4 Å². The molecule has 3 rings (SSSR count). The van der Waals surface area contributed by atoms with Crippen LogP contribution in [0.5, 0.6) is 0 Å². The molecule has 138 valence electrons. The van der Waals surface area contributed by atoms with Crippen LogP contribution in [0.1, 0.15) is 32.2 Å². The summed E-state index contributed by atoms with van der Waals surface area (Å²) in [6, 6.07) is 10.6. The standard InChI is InChI=1S/C20H21N5O2/c1-13-14(2)19(24-12-16(13)27)25(15(3)26)20(21,17-8-4-6-10-22-17)18-9-5-7-11-23-18/h4-13H,21H2,1-3H3. The Morgan fingerprint density at radius 1 is 1.11 bits per heavy atom. The molecule has 2 aromatic heterocycles. The molecule has 0 aromatic carbocycles. The molecule has 0 fully saturated rings. The van der Waals surface area contributed by atoms with Gasteiger partial charge in [0.05, 0.1) is 17.6 Å². The van der Waals surface area contributed by atoms with E-state index in [4.69, 9.17) is 5.73 Å².